The lowest BCUT2D eigenvalue weighted by Crippen LogP contribution is -2.44. The number of carboxylic acid groups (broad SMARTS) is 1. The average molecular weight is 571 g/mol. The Balaban J connectivity index is 1.79. The van der Waals surface area contributed by atoms with Crippen LogP contribution in [0.2, 0.25) is 0 Å². The number of aliphatic hydroxyl groups is 2. The van der Waals surface area contributed by atoms with E-state index in [1.165, 1.54) is 0 Å². The number of carboxylic acids is 1. The van der Waals surface area contributed by atoms with Gasteiger partial charge in [0, 0.05) is 24.0 Å². The summed E-state index contributed by atoms with van der Waals surface area (Å²) in [6, 6.07) is 0. The molecule has 2 aliphatic heterocycles. The number of aliphatic carboxylic acids is 1. The van der Waals surface area contributed by atoms with E-state index in [0.29, 0.717) is 32.1 Å². The number of carbonyl (C=O) groups excluding carboxylic acids is 3. The number of aliphatic hydroxyl groups excluding tert-OH is 2. The maximum atomic E-state index is 14.0. The van der Waals surface area contributed by atoms with Crippen molar-refractivity contribution in [3.63, 3.8) is 0 Å². The summed E-state index contributed by atoms with van der Waals surface area (Å²) in [7, 11) is 0. The van der Waals surface area contributed by atoms with Crippen LogP contribution in [0.3, 0.4) is 0 Å². The SMILES string of the molecule is CC1=CC2C/C=C/C=C/CC(O)C/C=C/CC(C)C3C(CSC3C(=O)C(=O)O)C(=O)C3=C(O)C2(CC1C)OC3=O. The molecule has 8 nitrogen and oxygen atoms in total. The highest BCUT2D eigenvalue weighted by atomic mass is 32.2. The number of allylic oxidation sites excluding steroid dienone is 5. The third kappa shape index (κ3) is 5.77. The van der Waals surface area contributed by atoms with E-state index in [4.69, 9.17) is 4.74 Å². The van der Waals surface area contributed by atoms with Gasteiger partial charge in [-0.25, -0.2) is 9.59 Å². The standard InChI is InChI=1S/C31H38O8S/c1-17-10-8-9-13-21(32)12-7-5-4-6-11-20-14-18(2)19(3)15-31(20)28(35)24(30(38)39-31)25(33)22-16-40-27(23(17)22)26(34)29(36)37/h4-9,14,17,19-23,27,32,35H,10-13,15-16H2,1-3H3,(H,36,37)/b6-4+,7-5+,9-8+. The Morgan fingerprint density at radius 3 is 2.38 bits per heavy atom. The summed E-state index contributed by atoms with van der Waals surface area (Å²) >= 11 is 1.11. The smallest absolute Gasteiger partial charge is 0.373 e. The van der Waals surface area contributed by atoms with Crippen LogP contribution in [0, 0.1) is 29.6 Å². The summed E-state index contributed by atoms with van der Waals surface area (Å²) in [5.41, 5.74) is -0.648. The molecule has 0 aromatic heterocycles. The number of esters is 1. The van der Waals surface area contributed by atoms with Gasteiger partial charge in [-0.1, -0.05) is 62.0 Å². The fraction of sp³-hybridized carbons (Fsp3) is 0.548. The van der Waals surface area contributed by atoms with Crippen molar-refractivity contribution in [3.05, 3.63) is 59.4 Å². The van der Waals surface area contributed by atoms with Crippen LogP contribution in [-0.2, 0) is 23.9 Å². The van der Waals surface area contributed by atoms with E-state index in [1.54, 1.807) is 0 Å². The zero-order valence-corrected chi connectivity index (χ0v) is 23.9. The molecule has 216 valence electrons. The fourth-order valence-corrected chi connectivity index (χ4v) is 8.12. The highest BCUT2D eigenvalue weighted by molar-refractivity contribution is 8.01. The number of thioether (sulfide) groups is 1. The summed E-state index contributed by atoms with van der Waals surface area (Å²) < 4.78 is 5.91. The van der Waals surface area contributed by atoms with Crippen LogP contribution >= 0.6 is 11.8 Å². The van der Waals surface area contributed by atoms with Crippen LogP contribution in [0.1, 0.15) is 52.9 Å². The van der Waals surface area contributed by atoms with E-state index in [1.807, 2.05) is 63.3 Å². The van der Waals surface area contributed by atoms with Crippen molar-refractivity contribution in [1.29, 1.82) is 0 Å². The van der Waals surface area contributed by atoms with Crippen LogP contribution in [0.5, 0.6) is 0 Å². The second-order valence-electron chi connectivity index (χ2n) is 11.5. The molecule has 2 heterocycles. The summed E-state index contributed by atoms with van der Waals surface area (Å²) in [5, 5.41) is 30.4. The minimum atomic E-state index is -1.56. The first-order chi connectivity index (χ1) is 19.0. The van der Waals surface area contributed by atoms with Gasteiger partial charge in [0.05, 0.1) is 11.4 Å². The molecule has 8 atom stereocenters. The van der Waals surface area contributed by atoms with Crippen molar-refractivity contribution >= 4 is 35.3 Å². The van der Waals surface area contributed by atoms with Gasteiger partial charge >= 0.3 is 11.9 Å². The molecule has 1 spiro atoms. The van der Waals surface area contributed by atoms with Gasteiger partial charge in [-0.15, -0.1) is 11.8 Å². The molecule has 0 radical (unpaired) electrons. The second kappa shape index (κ2) is 12.3. The van der Waals surface area contributed by atoms with Crippen LogP contribution in [0.25, 0.3) is 0 Å². The molecular weight excluding hydrogens is 532 g/mol. The van der Waals surface area contributed by atoms with Gasteiger partial charge < -0.3 is 20.1 Å². The van der Waals surface area contributed by atoms with E-state index >= 15 is 0 Å². The van der Waals surface area contributed by atoms with Crippen LogP contribution in [0.4, 0.5) is 0 Å². The van der Waals surface area contributed by atoms with Crippen molar-refractivity contribution < 1.29 is 39.2 Å². The van der Waals surface area contributed by atoms with Gasteiger partial charge in [0.1, 0.15) is 5.57 Å². The van der Waals surface area contributed by atoms with Gasteiger partial charge in [-0.2, -0.15) is 0 Å². The third-order valence-electron chi connectivity index (χ3n) is 8.81. The quantitative estimate of drug-likeness (QED) is 0.189. The van der Waals surface area contributed by atoms with Crippen molar-refractivity contribution in [2.24, 2.45) is 29.6 Å². The topological polar surface area (TPSA) is 138 Å². The normalized spacial score (nSPS) is 39.5. The Kier molecular flexibility index (Phi) is 9.25. The molecule has 4 rings (SSSR count). The van der Waals surface area contributed by atoms with Crippen molar-refractivity contribution in [2.45, 2.75) is 69.8 Å². The Labute approximate surface area is 238 Å². The van der Waals surface area contributed by atoms with E-state index in [2.05, 4.69) is 0 Å². The first-order valence-electron chi connectivity index (χ1n) is 13.9. The molecule has 3 N–H and O–H groups in total. The molecule has 1 fully saturated rings. The molecule has 40 heavy (non-hydrogen) atoms. The molecule has 1 saturated heterocycles. The van der Waals surface area contributed by atoms with Gasteiger partial charge in [-0.3, -0.25) is 9.59 Å². The lowest BCUT2D eigenvalue weighted by atomic mass is 9.69. The first-order valence-corrected chi connectivity index (χ1v) is 15.0. The summed E-state index contributed by atoms with van der Waals surface area (Å²) in [4.78, 5) is 51.6. The minimum Gasteiger partial charge on any atom is -0.507 e. The summed E-state index contributed by atoms with van der Waals surface area (Å²) in [6.45, 7) is 5.83. The number of fused-ring (bicyclic) bond motifs is 1. The predicted molar refractivity (Wildman–Crippen MR) is 151 cm³/mol. The largest absolute Gasteiger partial charge is 0.507 e. The number of Topliss-reactive ketones (excluding diaryl/α,β-unsaturated/α-hetero) is 2. The predicted octanol–water partition coefficient (Wildman–Crippen LogP) is 4.51. The molecule has 9 heteroatoms. The average Bonchev–Trinajstić information content (AvgIpc) is 3.44. The zero-order valence-electron chi connectivity index (χ0n) is 23.1. The number of hydrogen-bond donors (Lipinski definition) is 3. The van der Waals surface area contributed by atoms with E-state index in [-0.39, 0.29) is 28.9 Å². The lowest BCUT2D eigenvalue weighted by Gasteiger charge is -2.40. The fourth-order valence-electron chi connectivity index (χ4n) is 6.40. The number of ether oxygens (including phenoxy) is 1. The van der Waals surface area contributed by atoms with Crippen LogP contribution < -0.4 is 0 Å². The van der Waals surface area contributed by atoms with Crippen LogP contribution in [0.15, 0.2) is 59.4 Å². The van der Waals surface area contributed by atoms with Crippen molar-refractivity contribution in [3.8, 4) is 0 Å². The number of hydrogen-bond acceptors (Lipinski definition) is 8. The molecular formula is C31H38O8S. The Hall–Kier alpha value is -2.91. The molecule has 0 saturated carbocycles. The van der Waals surface area contributed by atoms with Crippen molar-refractivity contribution in [2.75, 3.05) is 5.75 Å². The zero-order chi connectivity index (χ0) is 29.2. The van der Waals surface area contributed by atoms with E-state index in [0.717, 1.165) is 17.3 Å². The Morgan fingerprint density at radius 1 is 1.02 bits per heavy atom. The molecule has 8 unspecified atom stereocenters. The highest BCUT2D eigenvalue weighted by Gasteiger charge is 2.58. The summed E-state index contributed by atoms with van der Waals surface area (Å²) in [5.74, 6) is -6.37. The van der Waals surface area contributed by atoms with E-state index in [9.17, 15) is 34.5 Å². The maximum Gasteiger partial charge on any atom is 0.373 e. The summed E-state index contributed by atoms with van der Waals surface area (Å²) in [6.07, 6.45) is 14.8. The maximum absolute atomic E-state index is 14.0. The van der Waals surface area contributed by atoms with Gasteiger partial charge in [0.25, 0.3) is 5.78 Å². The molecule has 0 amide bonds. The van der Waals surface area contributed by atoms with Gasteiger partial charge in [0.2, 0.25) is 0 Å². The number of carbonyl (C=O) groups is 4. The second-order valence-corrected chi connectivity index (χ2v) is 12.7. The monoisotopic (exact) mass is 570 g/mol. The highest BCUT2D eigenvalue weighted by Crippen LogP contribution is 2.51. The molecule has 4 aliphatic rings. The number of ketones is 2. The molecule has 0 aromatic carbocycles. The van der Waals surface area contributed by atoms with Crippen molar-refractivity contribution in [1.82, 2.24) is 0 Å². The Bertz CT molecular complexity index is 1210. The minimum absolute atomic E-state index is 0.00628. The van der Waals surface area contributed by atoms with E-state index < -0.39 is 58.2 Å². The molecule has 0 aromatic rings. The van der Waals surface area contributed by atoms with Gasteiger partial charge in [-0.05, 0) is 50.4 Å². The number of rotatable bonds is 2. The Morgan fingerprint density at radius 2 is 1.68 bits per heavy atom. The van der Waals surface area contributed by atoms with Gasteiger partial charge in [0.15, 0.2) is 17.1 Å². The first kappa shape index (κ1) is 30.1. The molecule has 2 bridgehead atoms. The third-order valence-corrected chi connectivity index (χ3v) is 10.2. The lowest BCUT2D eigenvalue weighted by molar-refractivity contribution is -0.154. The van der Waals surface area contributed by atoms with Crippen LogP contribution in [-0.4, -0.2) is 61.5 Å². The molecule has 2 aliphatic carbocycles.